The molecule has 0 unspecified atom stereocenters. The summed E-state index contributed by atoms with van der Waals surface area (Å²) < 4.78 is 1.76. The molecule has 0 bridgehead atoms. The summed E-state index contributed by atoms with van der Waals surface area (Å²) in [5, 5.41) is 2.61. The summed E-state index contributed by atoms with van der Waals surface area (Å²) >= 11 is 6.07. The fourth-order valence-corrected chi connectivity index (χ4v) is 2.56. The molecule has 1 aromatic heterocycles. The van der Waals surface area contributed by atoms with Crippen molar-refractivity contribution < 1.29 is 14.4 Å². The molecule has 2 aromatic rings. The number of halogens is 1. The van der Waals surface area contributed by atoms with Gasteiger partial charge < -0.3 is 4.57 Å². The number of aromatic nitrogens is 1. The minimum Gasteiger partial charge on any atom is -0.351 e. The maximum atomic E-state index is 12.7. The van der Waals surface area contributed by atoms with Crippen molar-refractivity contribution in [1.82, 2.24) is 9.88 Å². The van der Waals surface area contributed by atoms with Crippen LogP contribution in [0.5, 0.6) is 0 Å². The maximum absolute atomic E-state index is 12.7. The van der Waals surface area contributed by atoms with Gasteiger partial charge in [0.2, 0.25) is 0 Å². The Morgan fingerprint density at radius 2 is 1.92 bits per heavy atom. The van der Waals surface area contributed by atoms with Gasteiger partial charge in [-0.25, -0.2) is 9.69 Å². The Bertz CT molecular complexity index is 898. The summed E-state index contributed by atoms with van der Waals surface area (Å²) in [7, 11) is 1.79. The first kappa shape index (κ1) is 16.0. The lowest BCUT2D eigenvalue weighted by Crippen LogP contribution is -2.54. The Labute approximate surface area is 143 Å². The molecule has 3 rings (SSSR count). The van der Waals surface area contributed by atoms with E-state index in [1.54, 1.807) is 42.1 Å². The number of urea groups is 1. The molecule has 1 aliphatic heterocycles. The van der Waals surface area contributed by atoms with Crippen LogP contribution in [0, 0.1) is 6.92 Å². The number of barbiturate groups is 1. The van der Waals surface area contributed by atoms with Gasteiger partial charge in [0.05, 0.1) is 5.69 Å². The number of rotatable bonds is 2. The quantitative estimate of drug-likeness (QED) is 0.673. The number of nitrogens with zero attached hydrogens (tertiary/aromatic N) is 2. The number of aryl methyl sites for hydroxylation is 2. The van der Waals surface area contributed by atoms with E-state index in [2.05, 4.69) is 5.32 Å². The van der Waals surface area contributed by atoms with Crippen molar-refractivity contribution in [1.29, 1.82) is 0 Å². The number of hydrogen-bond acceptors (Lipinski definition) is 3. The molecule has 1 aromatic carbocycles. The number of benzene rings is 1. The summed E-state index contributed by atoms with van der Waals surface area (Å²) in [5.41, 5.74) is 1.68. The van der Waals surface area contributed by atoms with Gasteiger partial charge in [-0.05, 0) is 42.8 Å². The molecule has 0 saturated carbocycles. The van der Waals surface area contributed by atoms with Gasteiger partial charge >= 0.3 is 6.03 Å². The maximum Gasteiger partial charge on any atom is 0.335 e. The topological polar surface area (TPSA) is 71.4 Å². The standard InChI is InChI=1S/C17H14ClN3O3/c1-10-5-6-12(9-14(10)18)21-16(23)13(15(22)19-17(21)24)8-11-4-3-7-20(11)2/h3-9H,1-2H3,(H,19,22,24)/b13-8-. The smallest absolute Gasteiger partial charge is 0.335 e. The van der Waals surface area contributed by atoms with Gasteiger partial charge in [-0.1, -0.05) is 17.7 Å². The van der Waals surface area contributed by atoms with Crippen molar-refractivity contribution in [2.24, 2.45) is 7.05 Å². The van der Waals surface area contributed by atoms with Gasteiger partial charge in [0.1, 0.15) is 5.57 Å². The molecule has 2 heterocycles. The van der Waals surface area contributed by atoms with Gasteiger partial charge in [-0.2, -0.15) is 0 Å². The number of imide groups is 2. The summed E-state index contributed by atoms with van der Waals surface area (Å²) in [6.07, 6.45) is 3.24. The molecule has 1 saturated heterocycles. The SMILES string of the molecule is Cc1ccc(N2C(=O)NC(=O)/C(=C/c3cccn3C)C2=O)cc1Cl. The highest BCUT2D eigenvalue weighted by molar-refractivity contribution is 6.39. The molecule has 122 valence electrons. The van der Waals surface area contributed by atoms with E-state index in [4.69, 9.17) is 11.6 Å². The average Bonchev–Trinajstić information content (AvgIpc) is 2.92. The molecule has 1 fully saturated rings. The van der Waals surface area contributed by atoms with Crippen molar-refractivity contribution in [3.05, 3.63) is 58.4 Å². The van der Waals surface area contributed by atoms with Crippen LogP contribution in [-0.4, -0.2) is 22.4 Å². The number of carbonyl (C=O) groups is 3. The van der Waals surface area contributed by atoms with Crippen molar-refractivity contribution in [3.63, 3.8) is 0 Å². The predicted molar refractivity (Wildman–Crippen MR) is 90.6 cm³/mol. The third-order valence-electron chi connectivity index (χ3n) is 3.79. The van der Waals surface area contributed by atoms with Crippen LogP contribution in [0.3, 0.4) is 0 Å². The number of nitrogens with one attached hydrogen (secondary N) is 1. The molecule has 4 amide bonds. The van der Waals surface area contributed by atoms with Crippen LogP contribution in [0.25, 0.3) is 6.08 Å². The van der Waals surface area contributed by atoms with Crippen LogP contribution >= 0.6 is 11.6 Å². The van der Waals surface area contributed by atoms with E-state index in [1.807, 2.05) is 6.92 Å². The average molecular weight is 344 g/mol. The first-order chi connectivity index (χ1) is 11.4. The lowest BCUT2D eigenvalue weighted by molar-refractivity contribution is -0.122. The zero-order valence-electron chi connectivity index (χ0n) is 13.0. The first-order valence-electron chi connectivity index (χ1n) is 7.17. The summed E-state index contributed by atoms with van der Waals surface area (Å²) in [6, 6.07) is 7.58. The largest absolute Gasteiger partial charge is 0.351 e. The highest BCUT2D eigenvalue weighted by Gasteiger charge is 2.37. The lowest BCUT2D eigenvalue weighted by Gasteiger charge is -2.26. The Morgan fingerprint density at radius 1 is 1.17 bits per heavy atom. The number of amides is 4. The monoisotopic (exact) mass is 343 g/mol. The Kier molecular flexibility index (Phi) is 3.99. The molecule has 1 aliphatic rings. The zero-order valence-corrected chi connectivity index (χ0v) is 13.8. The van der Waals surface area contributed by atoms with E-state index in [0.717, 1.165) is 10.5 Å². The highest BCUT2D eigenvalue weighted by Crippen LogP contribution is 2.26. The highest BCUT2D eigenvalue weighted by atomic mass is 35.5. The molecular weight excluding hydrogens is 330 g/mol. The van der Waals surface area contributed by atoms with Crippen molar-refractivity contribution in [2.45, 2.75) is 6.92 Å². The molecular formula is C17H14ClN3O3. The second kappa shape index (κ2) is 5.98. The fraction of sp³-hybridized carbons (Fsp3) is 0.118. The molecule has 1 N–H and O–H groups in total. The van der Waals surface area contributed by atoms with E-state index >= 15 is 0 Å². The van der Waals surface area contributed by atoms with Gasteiger partial charge in [-0.3, -0.25) is 14.9 Å². The fourth-order valence-electron chi connectivity index (χ4n) is 2.38. The van der Waals surface area contributed by atoms with E-state index in [1.165, 1.54) is 12.1 Å². The van der Waals surface area contributed by atoms with Crippen molar-refractivity contribution >= 4 is 41.2 Å². The van der Waals surface area contributed by atoms with Crippen molar-refractivity contribution in [2.75, 3.05) is 4.90 Å². The lowest BCUT2D eigenvalue weighted by atomic mass is 10.1. The zero-order chi connectivity index (χ0) is 17.4. The second-order valence-electron chi connectivity index (χ2n) is 5.44. The van der Waals surface area contributed by atoms with Gasteiger partial charge in [0, 0.05) is 24.0 Å². The Balaban J connectivity index is 2.04. The summed E-state index contributed by atoms with van der Waals surface area (Å²) in [4.78, 5) is 37.8. The molecule has 0 atom stereocenters. The minimum absolute atomic E-state index is 0.118. The predicted octanol–water partition coefficient (Wildman–Crippen LogP) is 2.65. The Hall–Kier alpha value is -2.86. The van der Waals surface area contributed by atoms with Crippen LogP contribution < -0.4 is 10.2 Å². The van der Waals surface area contributed by atoms with E-state index in [0.29, 0.717) is 16.4 Å². The molecule has 7 heteroatoms. The first-order valence-corrected chi connectivity index (χ1v) is 7.55. The number of carbonyl (C=O) groups excluding carboxylic acids is 3. The molecule has 0 spiro atoms. The van der Waals surface area contributed by atoms with Crippen LogP contribution in [0.2, 0.25) is 5.02 Å². The number of anilines is 1. The van der Waals surface area contributed by atoms with E-state index < -0.39 is 17.8 Å². The molecule has 0 aliphatic carbocycles. The minimum atomic E-state index is -0.797. The molecule has 0 radical (unpaired) electrons. The van der Waals surface area contributed by atoms with E-state index in [9.17, 15) is 14.4 Å². The van der Waals surface area contributed by atoms with Gasteiger partial charge in [0.15, 0.2) is 0 Å². The van der Waals surface area contributed by atoms with E-state index in [-0.39, 0.29) is 5.57 Å². The third kappa shape index (κ3) is 2.72. The molecule has 24 heavy (non-hydrogen) atoms. The summed E-state index contributed by atoms with van der Waals surface area (Å²) in [5.74, 6) is -1.41. The Morgan fingerprint density at radius 3 is 2.54 bits per heavy atom. The van der Waals surface area contributed by atoms with Crippen LogP contribution in [-0.2, 0) is 16.6 Å². The van der Waals surface area contributed by atoms with Gasteiger partial charge in [0.25, 0.3) is 11.8 Å². The van der Waals surface area contributed by atoms with Crippen LogP contribution in [0.1, 0.15) is 11.3 Å². The number of hydrogen-bond donors (Lipinski definition) is 1. The third-order valence-corrected chi connectivity index (χ3v) is 4.20. The van der Waals surface area contributed by atoms with Crippen molar-refractivity contribution in [3.8, 4) is 0 Å². The second-order valence-corrected chi connectivity index (χ2v) is 5.84. The van der Waals surface area contributed by atoms with Crippen LogP contribution in [0.4, 0.5) is 10.5 Å². The normalized spacial score (nSPS) is 16.7. The summed E-state index contributed by atoms with van der Waals surface area (Å²) in [6.45, 7) is 1.81. The van der Waals surface area contributed by atoms with Gasteiger partial charge in [-0.15, -0.1) is 0 Å². The molecule has 6 nitrogen and oxygen atoms in total. The van der Waals surface area contributed by atoms with Crippen LogP contribution in [0.15, 0.2) is 42.1 Å².